The second-order valence-corrected chi connectivity index (χ2v) is 5.78. The van der Waals surface area contributed by atoms with E-state index in [1.165, 1.54) is 11.1 Å². The largest absolute Gasteiger partial charge is 0.618 e. The molecular formula is C17H17NO2. The summed E-state index contributed by atoms with van der Waals surface area (Å²) >= 11 is 0. The normalized spacial score (nSPS) is 26.7. The summed E-state index contributed by atoms with van der Waals surface area (Å²) in [5, 5.41) is 11.9. The van der Waals surface area contributed by atoms with Gasteiger partial charge < -0.3 is 9.94 Å². The third kappa shape index (κ3) is 1.81. The average Bonchev–Trinajstić information content (AvgIpc) is 3.05. The molecule has 0 N–H and O–H groups in total. The first-order valence-electron chi connectivity index (χ1n) is 7.20. The Bertz CT molecular complexity index is 626. The van der Waals surface area contributed by atoms with E-state index >= 15 is 0 Å². The predicted octanol–water partition coefficient (Wildman–Crippen LogP) is 2.88. The number of nitrogens with zero attached hydrogens (tertiary/aromatic N) is 1. The third-order valence-corrected chi connectivity index (χ3v) is 4.63. The standard InChI is InChI=1S/C17H17NO2/c19-18-8-4-7-14-15-9-13(17(14)18)10-16(15)20-11-12-5-2-1-3-6-12/h1-8,13,15-16H,9-11H2/t13-,15-,16+/m0/s1. The summed E-state index contributed by atoms with van der Waals surface area (Å²) in [6.07, 6.45) is 3.92. The lowest BCUT2D eigenvalue weighted by molar-refractivity contribution is -0.615. The molecule has 2 aliphatic carbocycles. The number of aromatic nitrogens is 1. The molecule has 3 heteroatoms. The second kappa shape index (κ2) is 4.60. The summed E-state index contributed by atoms with van der Waals surface area (Å²) < 4.78 is 7.16. The van der Waals surface area contributed by atoms with Gasteiger partial charge in [-0.1, -0.05) is 30.3 Å². The average molecular weight is 267 g/mol. The van der Waals surface area contributed by atoms with Crippen molar-refractivity contribution in [3.05, 3.63) is 70.7 Å². The summed E-state index contributed by atoms with van der Waals surface area (Å²) in [6.45, 7) is 0.661. The highest BCUT2D eigenvalue weighted by atomic mass is 16.5. The van der Waals surface area contributed by atoms with E-state index in [0.29, 0.717) is 18.4 Å². The van der Waals surface area contributed by atoms with Gasteiger partial charge in [0.05, 0.1) is 12.7 Å². The maximum Gasteiger partial charge on any atom is 0.199 e. The minimum Gasteiger partial charge on any atom is -0.618 e. The van der Waals surface area contributed by atoms with Gasteiger partial charge in [0.2, 0.25) is 0 Å². The molecule has 0 saturated heterocycles. The van der Waals surface area contributed by atoms with E-state index in [4.69, 9.17) is 4.74 Å². The van der Waals surface area contributed by atoms with E-state index < -0.39 is 0 Å². The zero-order chi connectivity index (χ0) is 13.5. The summed E-state index contributed by atoms with van der Waals surface area (Å²) in [4.78, 5) is 0. The Labute approximate surface area is 118 Å². The van der Waals surface area contributed by atoms with E-state index in [2.05, 4.69) is 18.2 Å². The van der Waals surface area contributed by atoms with Gasteiger partial charge in [-0.25, -0.2) is 0 Å². The van der Waals surface area contributed by atoms with Crippen molar-refractivity contribution in [3.8, 4) is 0 Å². The fourth-order valence-electron chi connectivity index (χ4n) is 3.76. The summed E-state index contributed by atoms with van der Waals surface area (Å²) in [5.41, 5.74) is 3.40. The van der Waals surface area contributed by atoms with Crippen molar-refractivity contribution in [1.82, 2.24) is 0 Å². The first-order valence-corrected chi connectivity index (χ1v) is 7.20. The lowest BCUT2D eigenvalue weighted by Crippen LogP contribution is -2.35. The van der Waals surface area contributed by atoms with Crippen molar-refractivity contribution in [2.75, 3.05) is 0 Å². The minimum absolute atomic E-state index is 0.259. The SMILES string of the molecule is [O-][n+]1cccc2c1[C@@H]1C[C@@H](OCc3ccccc3)[C@H]2C1. The van der Waals surface area contributed by atoms with Crippen LogP contribution >= 0.6 is 0 Å². The fraction of sp³-hybridized carbons (Fsp3) is 0.353. The molecule has 20 heavy (non-hydrogen) atoms. The van der Waals surface area contributed by atoms with Crippen LogP contribution in [0.1, 0.15) is 41.5 Å². The number of fused-ring (bicyclic) bond motifs is 5. The molecule has 0 aliphatic heterocycles. The van der Waals surface area contributed by atoms with Crippen molar-refractivity contribution in [1.29, 1.82) is 0 Å². The maximum absolute atomic E-state index is 11.9. The Hall–Kier alpha value is -1.87. The first-order chi connectivity index (χ1) is 9.83. The zero-order valence-electron chi connectivity index (χ0n) is 11.2. The van der Waals surface area contributed by atoms with Crippen molar-refractivity contribution < 1.29 is 9.47 Å². The smallest absolute Gasteiger partial charge is 0.199 e. The molecule has 0 spiro atoms. The molecule has 0 radical (unpaired) electrons. The fourth-order valence-corrected chi connectivity index (χ4v) is 3.76. The molecule has 0 amide bonds. The van der Waals surface area contributed by atoms with Crippen molar-refractivity contribution in [2.45, 2.75) is 37.4 Å². The van der Waals surface area contributed by atoms with Crippen LogP contribution in [0.25, 0.3) is 0 Å². The lowest BCUT2D eigenvalue weighted by atomic mass is 9.93. The highest BCUT2D eigenvalue weighted by Gasteiger charge is 2.49. The molecule has 2 bridgehead atoms. The van der Waals surface area contributed by atoms with Crippen LogP contribution in [0, 0.1) is 5.21 Å². The molecule has 2 aliphatic rings. The Balaban J connectivity index is 1.51. The van der Waals surface area contributed by atoms with Crippen LogP contribution in [0.2, 0.25) is 0 Å². The number of hydrogen-bond donors (Lipinski definition) is 0. The number of pyridine rings is 1. The van der Waals surface area contributed by atoms with Crippen LogP contribution in [0.3, 0.4) is 0 Å². The molecule has 1 saturated carbocycles. The van der Waals surface area contributed by atoms with Crippen LogP contribution < -0.4 is 4.73 Å². The topological polar surface area (TPSA) is 36.2 Å². The van der Waals surface area contributed by atoms with E-state index in [9.17, 15) is 5.21 Å². The van der Waals surface area contributed by atoms with Crippen molar-refractivity contribution >= 4 is 0 Å². The molecule has 1 aromatic carbocycles. The monoisotopic (exact) mass is 267 g/mol. The predicted molar refractivity (Wildman–Crippen MR) is 75.1 cm³/mol. The number of ether oxygens (including phenoxy) is 1. The number of rotatable bonds is 3. The third-order valence-electron chi connectivity index (χ3n) is 4.63. The van der Waals surface area contributed by atoms with Crippen molar-refractivity contribution in [2.24, 2.45) is 0 Å². The highest BCUT2D eigenvalue weighted by Crippen LogP contribution is 2.52. The minimum atomic E-state index is 0.259. The highest BCUT2D eigenvalue weighted by molar-refractivity contribution is 5.35. The number of hydrogen-bond acceptors (Lipinski definition) is 2. The first kappa shape index (κ1) is 11.9. The molecule has 1 heterocycles. The molecule has 102 valence electrons. The van der Waals surface area contributed by atoms with Gasteiger partial charge in [-0.05, 0) is 24.5 Å². The van der Waals surface area contributed by atoms with Gasteiger partial charge in [-0.2, -0.15) is 4.73 Å². The van der Waals surface area contributed by atoms with Crippen LogP contribution in [-0.4, -0.2) is 6.10 Å². The Morgan fingerprint density at radius 2 is 1.95 bits per heavy atom. The molecule has 2 aromatic rings. The van der Waals surface area contributed by atoms with Gasteiger partial charge in [0, 0.05) is 23.5 Å². The van der Waals surface area contributed by atoms with Gasteiger partial charge >= 0.3 is 0 Å². The number of benzene rings is 1. The van der Waals surface area contributed by atoms with Gasteiger partial charge in [-0.15, -0.1) is 0 Å². The molecule has 3 nitrogen and oxygen atoms in total. The van der Waals surface area contributed by atoms with Gasteiger partial charge in [-0.3, -0.25) is 0 Å². The maximum atomic E-state index is 11.9. The van der Waals surface area contributed by atoms with Gasteiger partial charge in [0.1, 0.15) is 0 Å². The Morgan fingerprint density at radius 3 is 2.80 bits per heavy atom. The summed E-state index contributed by atoms with van der Waals surface area (Å²) in [6, 6.07) is 14.2. The zero-order valence-corrected chi connectivity index (χ0v) is 11.2. The summed E-state index contributed by atoms with van der Waals surface area (Å²) in [7, 11) is 0. The van der Waals surface area contributed by atoms with E-state index in [1.807, 2.05) is 24.3 Å². The Kier molecular flexibility index (Phi) is 2.74. The van der Waals surface area contributed by atoms with E-state index in [1.54, 1.807) is 6.20 Å². The Morgan fingerprint density at radius 1 is 1.10 bits per heavy atom. The van der Waals surface area contributed by atoms with Crippen LogP contribution in [0.15, 0.2) is 48.7 Å². The lowest BCUT2D eigenvalue weighted by Gasteiger charge is -2.23. The van der Waals surface area contributed by atoms with E-state index in [-0.39, 0.29) is 6.10 Å². The molecular weight excluding hydrogens is 250 g/mol. The van der Waals surface area contributed by atoms with Gasteiger partial charge in [0.15, 0.2) is 11.9 Å². The van der Waals surface area contributed by atoms with Gasteiger partial charge in [0.25, 0.3) is 0 Å². The molecule has 4 rings (SSSR count). The van der Waals surface area contributed by atoms with Crippen LogP contribution in [0.5, 0.6) is 0 Å². The molecule has 1 aromatic heterocycles. The summed E-state index contributed by atoms with van der Waals surface area (Å²) in [5.74, 6) is 0.787. The quantitative estimate of drug-likeness (QED) is 0.633. The molecule has 1 fully saturated rings. The van der Waals surface area contributed by atoms with Crippen LogP contribution in [0.4, 0.5) is 0 Å². The molecule has 3 atom stereocenters. The van der Waals surface area contributed by atoms with E-state index in [0.717, 1.165) is 23.3 Å². The van der Waals surface area contributed by atoms with Crippen LogP contribution in [-0.2, 0) is 11.3 Å². The van der Waals surface area contributed by atoms with Crippen molar-refractivity contribution in [3.63, 3.8) is 0 Å². The second-order valence-electron chi connectivity index (χ2n) is 5.78. The molecule has 0 unspecified atom stereocenters.